The molecule has 0 bridgehead atoms. The molecule has 1 amide bonds. The van der Waals surface area contributed by atoms with Crippen molar-refractivity contribution in [1.29, 1.82) is 0 Å². The Balaban J connectivity index is 1.39. The zero-order valence-corrected chi connectivity index (χ0v) is 14.5. The van der Waals surface area contributed by atoms with Gasteiger partial charge in [-0.2, -0.15) is 0 Å². The minimum absolute atomic E-state index is 0.111. The van der Waals surface area contributed by atoms with E-state index in [-0.39, 0.29) is 5.91 Å². The number of aryl methyl sites for hydroxylation is 1. The summed E-state index contributed by atoms with van der Waals surface area (Å²) < 4.78 is 7.00. The van der Waals surface area contributed by atoms with E-state index in [0.29, 0.717) is 38.7 Å². The third-order valence-electron chi connectivity index (χ3n) is 4.85. The fraction of sp³-hybridized carbons (Fsp3) is 0.625. The number of hydrogen-bond acceptors (Lipinski definition) is 8. The highest BCUT2D eigenvalue weighted by Gasteiger charge is 2.23. The third-order valence-corrected chi connectivity index (χ3v) is 4.85. The molecule has 0 saturated carbocycles. The summed E-state index contributed by atoms with van der Waals surface area (Å²) in [5.41, 5.74) is 2.15. The highest BCUT2D eigenvalue weighted by molar-refractivity contribution is 5.76. The van der Waals surface area contributed by atoms with Crippen molar-refractivity contribution in [3.63, 3.8) is 0 Å². The van der Waals surface area contributed by atoms with Crippen molar-refractivity contribution < 1.29 is 9.53 Å². The number of amides is 1. The van der Waals surface area contributed by atoms with Crippen LogP contribution >= 0.6 is 0 Å². The van der Waals surface area contributed by atoms with Gasteiger partial charge in [0.15, 0.2) is 0 Å². The van der Waals surface area contributed by atoms with Crippen molar-refractivity contribution in [2.45, 2.75) is 38.3 Å². The van der Waals surface area contributed by atoms with Gasteiger partial charge in [-0.05, 0) is 23.3 Å². The second-order valence-electron chi connectivity index (χ2n) is 6.56. The number of aromatic nitrogens is 6. The van der Waals surface area contributed by atoms with Gasteiger partial charge >= 0.3 is 0 Å². The zero-order chi connectivity index (χ0) is 17.8. The summed E-state index contributed by atoms with van der Waals surface area (Å²) in [4.78, 5) is 23.3. The SMILES string of the molecule is O=C(CCn1cnnn1)N1CCc2ncnc(NC3CCOC3)c2CC1. The Morgan fingerprint density at radius 2 is 2.23 bits per heavy atom. The van der Waals surface area contributed by atoms with Crippen LogP contribution in [0.15, 0.2) is 12.7 Å². The number of fused-ring (bicyclic) bond motifs is 1. The summed E-state index contributed by atoms with van der Waals surface area (Å²) in [7, 11) is 0. The molecule has 2 aromatic heterocycles. The summed E-state index contributed by atoms with van der Waals surface area (Å²) in [6, 6.07) is 0.297. The fourth-order valence-corrected chi connectivity index (χ4v) is 3.39. The quantitative estimate of drug-likeness (QED) is 0.774. The lowest BCUT2D eigenvalue weighted by Crippen LogP contribution is -2.33. The predicted octanol–water partition coefficient (Wildman–Crippen LogP) is -0.319. The molecule has 1 atom stereocenters. The number of anilines is 1. The largest absolute Gasteiger partial charge is 0.379 e. The molecule has 2 aliphatic heterocycles. The first-order chi connectivity index (χ1) is 12.8. The van der Waals surface area contributed by atoms with Gasteiger partial charge < -0.3 is 15.0 Å². The Morgan fingerprint density at radius 1 is 1.31 bits per heavy atom. The molecule has 0 radical (unpaired) electrons. The van der Waals surface area contributed by atoms with Crippen molar-refractivity contribution in [3.05, 3.63) is 23.9 Å². The van der Waals surface area contributed by atoms with Gasteiger partial charge in [-0.25, -0.2) is 14.6 Å². The van der Waals surface area contributed by atoms with Crippen LogP contribution in [0.1, 0.15) is 24.1 Å². The van der Waals surface area contributed by atoms with Gasteiger partial charge in [0.25, 0.3) is 0 Å². The molecule has 1 N–H and O–H groups in total. The van der Waals surface area contributed by atoms with Gasteiger partial charge in [-0.15, -0.1) is 5.10 Å². The normalized spacial score (nSPS) is 19.8. The highest BCUT2D eigenvalue weighted by atomic mass is 16.5. The second-order valence-corrected chi connectivity index (χ2v) is 6.56. The van der Waals surface area contributed by atoms with Gasteiger partial charge in [0.2, 0.25) is 5.91 Å². The summed E-state index contributed by atoms with van der Waals surface area (Å²) >= 11 is 0. The lowest BCUT2D eigenvalue weighted by Gasteiger charge is -2.20. The van der Waals surface area contributed by atoms with Crippen LogP contribution in [-0.4, -0.2) is 73.3 Å². The molecule has 26 heavy (non-hydrogen) atoms. The molecule has 1 fully saturated rings. The first kappa shape index (κ1) is 16.8. The summed E-state index contributed by atoms with van der Waals surface area (Å²) in [5, 5.41) is 14.4. The van der Waals surface area contributed by atoms with Crippen molar-refractivity contribution >= 4 is 11.7 Å². The van der Waals surface area contributed by atoms with Crippen LogP contribution < -0.4 is 5.32 Å². The summed E-state index contributed by atoms with van der Waals surface area (Å²) in [6.07, 6.45) is 5.99. The van der Waals surface area contributed by atoms with E-state index >= 15 is 0 Å². The molecule has 4 heterocycles. The minimum Gasteiger partial charge on any atom is -0.379 e. The molecule has 0 spiro atoms. The van der Waals surface area contributed by atoms with Crippen LogP contribution in [0.3, 0.4) is 0 Å². The molecule has 0 aliphatic carbocycles. The molecule has 2 aromatic rings. The van der Waals surface area contributed by atoms with E-state index in [1.54, 1.807) is 11.0 Å². The second kappa shape index (κ2) is 7.73. The molecule has 1 saturated heterocycles. The van der Waals surface area contributed by atoms with Crippen LogP contribution in [0, 0.1) is 0 Å². The summed E-state index contributed by atoms with van der Waals surface area (Å²) in [6.45, 7) is 3.33. The average Bonchev–Trinajstić information content (AvgIpc) is 3.31. The smallest absolute Gasteiger partial charge is 0.224 e. The van der Waals surface area contributed by atoms with E-state index in [2.05, 4.69) is 30.8 Å². The third kappa shape index (κ3) is 3.79. The van der Waals surface area contributed by atoms with Crippen LogP contribution in [0.25, 0.3) is 0 Å². The number of nitrogens with one attached hydrogen (secondary N) is 1. The number of rotatable bonds is 5. The molecule has 2 aliphatic rings. The summed E-state index contributed by atoms with van der Waals surface area (Å²) in [5.74, 6) is 0.994. The standard InChI is InChI=1S/C16H22N8O2/c25-15(3-7-24-11-19-21-22-24)23-5-1-13-14(2-6-23)17-10-18-16(13)20-12-4-8-26-9-12/h10-12H,1-9H2,(H,17,18,20). The first-order valence-electron chi connectivity index (χ1n) is 8.95. The molecular formula is C16H22N8O2. The van der Waals surface area contributed by atoms with Crippen LogP contribution in [0.2, 0.25) is 0 Å². The number of ether oxygens (including phenoxy) is 1. The van der Waals surface area contributed by atoms with Gasteiger partial charge in [0.1, 0.15) is 18.5 Å². The Hall–Kier alpha value is -2.62. The van der Waals surface area contributed by atoms with Crippen molar-refractivity contribution in [3.8, 4) is 0 Å². The minimum atomic E-state index is 0.111. The maximum absolute atomic E-state index is 12.5. The van der Waals surface area contributed by atoms with Crippen LogP contribution in [0.5, 0.6) is 0 Å². The number of nitrogens with zero attached hydrogens (tertiary/aromatic N) is 7. The lowest BCUT2D eigenvalue weighted by molar-refractivity contribution is -0.131. The molecule has 10 nitrogen and oxygen atoms in total. The maximum atomic E-state index is 12.5. The Kier molecular flexibility index (Phi) is 5.00. The molecule has 1 unspecified atom stereocenters. The van der Waals surface area contributed by atoms with Crippen molar-refractivity contribution in [2.24, 2.45) is 0 Å². The van der Waals surface area contributed by atoms with Gasteiger partial charge in [-0.1, -0.05) is 0 Å². The highest BCUT2D eigenvalue weighted by Crippen LogP contribution is 2.22. The van der Waals surface area contributed by atoms with Crippen LogP contribution in [-0.2, 0) is 28.9 Å². The van der Waals surface area contributed by atoms with Gasteiger partial charge in [-0.3, -0.25) is 4.79 Å². The van der Waals surface area contributed by atoms with Gasteiger partial charge in [0.05, 0.1) is 24.9 Å². The number of hydrogen-bond donors (Lipinski definition) is 1. The molecule has 138 valence electrons. The van der Waals surface area contributed by atoms with E-state index in [1.165, 1.54) is 6.33 Å². The monoisotopic (exact) mass is 358 g/mol. The van der Waals surface area contributed by atoms with E-state index in [0.717, 1.165) is 42.9 Å². The van der Waals surface area contributed by atoms with Crippen molar-refractivity contribution in [1.82, 2.24) is 35.1 Å². The molecule has 4 rings (SSSR count). The van der Waals surface area contributed by atoms with E-state index in [4.69, 9.17) is 4.74 Å². The topological polar surface area (TPSA) is 111 Å². The lowest BCUT2D eigenvalue weighted by atomic mass is 10.1. The number of carbonyl (C=O) groups is 1. The first-order valence-corrected chi connectivity index (χ1v) is 8.95. The van der Waals surface area contributed by atoms with Crippen LogP contribution in [0.4, 0.5) is 5.82 Å². The van der Waals surface area contributed by atoms with Crippen molar-refractivity contribution in [2.75, 3.05) is 31.6 Å². The predicted molar refractivity (Wildman–Crippen MR) is 91.3 cm³/mol. The van der Waals surface area contributed by atoms with E-state index < -0.39 is 0 Å². The Bertz CT molecular complexity index is 745. The fourth-order valence-electron chi connectivity index (χ4n) is 3.39. The Morgan fingerprint density at radius 3 is 3.04 bits per heavy atom. The van der Waals surface area contributed by atoms with E-state index in [1.807, 2.05) is 4.90 Å². The maximum Gasteiger partial charge on any atom is 0.224 e. The average molecular weight is 358 g/mol. The zero-order valence-electron chi connectivity index (χ0n) is 14.5. The molecular weight excluding hydrogens is 336 g/mol. The van der Waals surface area contributed by atoms with E-state index in [9.17, 15) is 4.79 Å². The molecule has 0 aromatic carbocycles. The number of carbonyl (C=O) groups excluding carboxylic acids is 1. The molecule has 10 heteroatoms. The number of tetrazole rings is 1. The Labute approximate surface area is 150 Å². The van der Waals surface area contributed by atoms with Gasteiger partial charge in [0, 0.05) is 38.1 Å².